The summed E-state index contributed by atoms with van der Waals surface area (Å²) in [6.45, 7) is 2.04. The maximum Gasteiger partial charge on any atom is 0.487 e. The highest BCUT2D eigenvalue weighted by molar-refractivity contribution is 6.53. The number of phenols is 1. The van der Waals surface area contributed by atoms with Gasteiger partial charge in [-0.05, 0) is 61.2 Å². The maximum atomic E-state index is 13.6. The molecule has 1 aromatic carbocycles. The zero-order valence-electron chi connectivity index (χ0n) is 18.0. The first-order valence-corrected chi connectivity index (χ1v) is 11.7. The van der Waals surface area contributed by atoms with Crippen LogP contribution in [0, 0.1) is 17.8 Å². The Hall–Kier alpha value is -2.12. The van der Waals surface area contributed by atoms with Crippen LogP contribution in [0.25, 0.3) is 0 Å². The van der Waals surface area contributed by atoms with E-state index in [0.29, 0.717) is 12.8 Å². The van der Waals surface area contributed by atoms with Gasteiger partial charge in [-0.1, -0.05) is 43.9 Å². The van der Waals surface area contributed by atoms with Crippen molar-refractivity contribution in [2.75, 3.05) is 0 Å². The highest BCUT2D eigenvalue weighted by atomic mass is 16.5. The Morgan fingerprint density at radius 3 is 2.45 bits per heavy atom. The first-order valence-electron chi connectivity index (χ1n) is 11.7. The molecule has 2 N–H and O–H groups in total. The van der Waals surface area contributed by atoms with Gasteiger partial charge in [-0.15, -0.1) is 0 Å². The number of rotatable bonds is 3. The highest BCUT2D eigenvalue weighted by Crippen LogP contribution is 2.52. The summed E-state index contributed by atoms with van der Waals surface area (Å²) in [7, 11) is -1.07. The molecule has 31 heavy (non-hydrogen) atoms. The zero-order valence-corrected chi connectivity index (χ0v) is 18.0. The molecule has 4 aliphatic rings. The van der Waals surface area contributed by atoms with Crippen molar-refractivity contribution in [3.05, 3.63) is 40.9 Å². The minimum atomic E-state index is -1.07. The summed E-state index contributed by atoms with van der Waals surface area (Å²) in [5.74, 6) is -0.790. The molecule has 2 aliphatic heterocycles. The monoisotopic (exact) mass is 423 g/mol. The molecule has 6 nitrogen and oxygen atoms in total. The Labute approximate surface area is 183 Å². The smallest absolute Gasteiger partial charge is 0.487 e. The van der Waals surface area contributed by atoms with E-state index < -0.39 is 13.0 Å². The molecule has 3 fully saturated rings. The number of phenolic OH excluding ortho intramolecular Hbond substituents is 1. The number of fused-ring (bicyclic) bond motifs is 3. The number of amides is 2. The van der Waals surface area contributed by atoms with Crippen LogP contribution in [0.1, 0.15) is 70.0 Å². The summed E-state index contributed by atoms with van der Waals surface area (Å²) in [4.78, 5) is 28.6. The standard InChI is InChI=1S/C24H30BNO5/c1-2-14-12-19-21(24(29)26(23(19)28)16-6-4-3-5-7-16)18-13-20(31-25(30)22(14)18)15-8-10-17(27)11-9-15/h8-11,16,18-21,27,30H,2-7,12-13H2,1H3/t18-,19-,20-,21+/m0/s1. The molecule has 164 valence electrons. The van der Waals surface area contributed by atoms with Gasteiger partial charge in [0.25, 0.3) is 0 Å². The Balaban J connectivity index is 1.49. The number of hydrogen-bond donors (Lipinski definition) is 2. The van der Waals surface area contributed by atoms with Crippen LogP contribution in [-0.2, 0) is 14.2 Å². The van der Waals surface area contributed by atoms with Gasteiger partial charge in [0.1, 0.15) is 5.75 Å². The van der Waals surface area contributed by atoms with E-state index in [1.807, 2.05) is 6.92 Å². The first-order chi connectivity index (χ1) is 15.0. The third-order valence-electron chi connectivity index (χ3n) is 7.88. The molecular formula is C24H30BNO5. The molecule has 5 rings (SSSR count). The molecule has 2 amide bonds. The molecule has 7 heteroatoms. The summed E-state index contributed by atoms with van der Waals surface area (Å²) in [6, 6.07) is 6.82. The van der Waals surface area contributed by atoms with Crippen LogP contribution in [0.3, 0.4) is 0 Å². The molecule has 0 unspecified atom stereocenters. The van der Waals surface area contributed by atoms with Gasteiger partial charge in [0, 0.05) is 6.04 Å². The summed E-state index contributed by atoms with van der Waals surface area (Å²) < 4.78 is 5.97. The van der Waals surface area contributed by atoms with E-state index in [2.05, 4.69) is 0 Å². The van der Waals surface area contributed by atoms with Gasteiger partial charge in [0.15, 0.2) is 0 Å². The molecule has 0 aromatic heterocycles. The predicted molar refractivity (Wildman–Crippen MR) is 116 cm³/mol. The Morgan fingerprint density at radius 2 is 1.77 bits per heavy atom. The topological polar surface area (TPSA) is 87.1 Å². The van der Waals surface area contributed by atoms with Crippen molar-refractivity contribution in [3.8, 4) is 5.75 Å². The molecule has 4 atom stereocenters. The van der Waals surface area contributed by atoms with Gasteiger partial charge >= 0.3 is 7.12 Å². The zero-order chi connectivity index (χ0) is 21.7. The van der Waals surface area contributed by atoms with E-state index in [4.69, 9.17) is 4.65 Å². The van der Waals surface area contributed by atoms with E-state index in [9.17, 15) is 19.7 Å². The number of allylic oxidation sites excluding steroid dienone is 2. The summed E-state index contributed by atoms with van der Waals surface area (Å²) in [5.41, 5.74) is 2.75. The Bertz CT molecular complexity index is 907. The number of benzene rings is 1. The second-order valence-corrected chi connectivity index (χ2v) is 9.50. The van der Waals surface area contributed by atoms with Gasteiger partial charge in [0.2, 0.25) is 11.8 Å². The van der Waals surface area contributed by atoms with Crippen LogP contribution in [0.2, 0.25) is 0 Å². The lowest BCUT2D eigenvalue weighted by atomic mass is 9.55. The molecule has 2 heterocycles. The van der Waals surface area contributed by atoms with Crippen LogP contribution >= 0.6 is 0 Å². The van der Waals surface area contributed by atoms with Crippen molar-refractivity contribution >= 4 is 18.9 Å². The number of imide groups is 1. The molecule has 1 aromatic rings. The summed E-state index contributed by atoms with van der Waals surface area (Å²) in [6.07, 6.45) is 6.59. The molecule has 2 saturated heterocycles. The van der Waals surface area contributed by atoms with Crippen molar-refractivity contribution in [1.82, 2.24) is 4.90 Å². The van der Waals surface area contributed by atoms with E-state index in [-0.39, 0.29) is 41.5 Å². The molecule has 2 aliphatic carbocycles. The van der Waals surface area contributed by atoms with Crippen LogP contribution in [0.15, 0.2) is 35.3 Å². The van der Waals surface area contributed by atoms with Gasteiger partial charge in [-0.25, -0.2) is 0 Å². The molecular weight excluding hydrogens is 393 g/mol. The van der Waals surface area contributed by atoms with Gasteiger partial charge in [-0.3, -0.25) is 14.5 Å². The Kier molecular flexibility index (Phi) is 5.43. The Morgan fingerprint density at radius 1 is 1.06 bits per heavy atom. The predicted octanol–water partition coefficient (Wildman–Crippen LogP) is 3.53. The SMILES string of the molecule is CCC1=C2B(O)O[C@H](c3ccc(O)cc3)C[C@H]2[C@H]2C(=O)N(C3CCCCC3)C(=O)[C@H]2C1. The normalized spacial score (nSPS) is 31.8. The fraction of sp³-hybridized carbons (Fsp3) is 0.583. The number of carbonyl (C=O) groups excluding carboxylic acids is 2. The van der Waals surface area contributed by atoms with E-state index in [1.165, 1.54) is 6.42 Å². The molecule has 0 bridgehead atoms. The highest BCUT2D eigenvalue weighted by Gasteiger charge is 2.58. The van der Waals surface area contributed by atoms with E-state index in [0.717, 1.165) is 48.7 Å². The van der Waals surface area contributed by atoms with Crippen molar-refractivity contribution in [3.63, 3.8) is 0 Å². The van der Waals surface area contributed by atoms with Crippen molar-refractivity contribution < 1.29 is 24.4 Å². The van der Waals surface area contributed by atoms with E-state index >= 15 is 0 Å². The van der Waals surface area contributed by atoms with Crippen LogP contribution in [-0.4, -0.2) is 40.0 Å². The lowest BCUT2D eigenvalue weighted by molar-refractivity contribution is -0.143. The molecule has 1 saturated carbocycles. The lowest BCUT2D eigenvalue weighted by Crippen LogP contribution is -2.45. The van der Waals surface area contributed by atoms with E-state index in [1.54, 1.807) is 29.2 Å². The largest absolute Gasteiger partial charge is 0.508 e. The fourth-order valence-corrected chi connectivity index (χ4v) is 6.38. The third kappa shape index (κ3) is 3.42. The van der Waals surface area contributed by atoms with Crippen LogP contribution in [0.5, 0.6) is 5.75 Å². The number of carbonyl (C=O) groups is 2. The summed E-state index contributed by atoms with van der Waals surface area (Å²) >= 11 is 0. The van der Waals surface area contributed by atoms with Crippen molar-refractivity contribution in [1.29, 1.82) is 0 Å². The number of aromatic hydroxyl groups is 1. The number of nitrogens with zero attached hydrogens (tertiary/aromatic N) is 1. The number of hydrogen-bond acceptors (Lipinski definition) is 5. The minimum Gasteiger partial charge on any atom is -0.508 e. The van der Waals surface area contributed by atoms with Gasteiger partial charge in [-0.2, -0.15) is 0 Å². The van der Waals surface area contributed by atoms with Crippen molar-refractivity contribution in [2.45, 2.75) is 70.4 Å². The molecule has 0 spiro atoms. The summed E-state index contributed by atoms with van der Waals surface area (Å²) in [5, 5.41) is 20.6. The quantitative estimate of drug-likeness (QED) is 0.574. The van der Waals surface area contributed by atoms with Gasteiger partial charge in [0.05, 0.1) is 17.9 Å². The first kappa shape index (κ1) is 20.8. The maximum absolute atomic E-state index is 13.6. The second-order valence-electron chi connectivity index (χ2n) is 9.50. The van der Waals surface area contributed by atoms with Gasteiger partial charge < -0.3 is 14.8 Å². The van der Waals surface area contributed by atoms with Crippen LogP contribution < -0.4 is 0 Å². The average Bonchev–Trinajstić information content (AvgIpc) is 3.04. The van der Waals surface area contributed by atoms with Crippen molar-refractivity contribution in [2.24, 2.45) is 17.8 Å². The average molecular weight is 423 g/mol. The third-order valence-corrected chi connectivity index (χ3v) is 7.88. The second kappa shape index (κ2) is 8.10. The van der Waals surface area contributed by atoms with Crippen LogP contribution in [0.4, 0.5) is 0 Å². The minimum absolute atomic E-state index is 0.00550. The molecule has 0 radical (unpaired) electrons. The number of likely N-dealkylation sites (tertiary alicyclic amines) is 1. The fourth-order valence-electron chi connectivity index (χ4n) is 6.38. The lowest BCUT2D eigenvalue weighted by Gasteiger charge is -2.42.